The average molecular weight is 439 g/mol. The highest BCUT2D eigenvalue weighted by Crippen LogP contribution is 2.40. The molecule has 0 atom stereocenters. The number of benzene rings is 3. The van der Waals surface area contributed by atoms with Crippen molar-refractivity contribution in [1.29, 1.82) is 0 Å². The van der Waals surface area contributed by atoms with E-state index in [4.69, 9.17) is 0 Å². The number of Topliss-reactive ketones (excluding diaryl/α,β-unsaturated/α-hetero) is 2. The number of rotatable bonds is 3. The zero-order chi connectivity index (χ0) is 17.4. The fourth-order valence-corrected chi connectivity index (χ4v) is 3.85. The standard InChI is InChI=1S/C21H14INO2/c22-15-9-6-10-16(13-15)23-21(14-7-2-1-3-8-14)19(24)17-11-4-5-12-18(17)20(21)25/h1-13,23H. The van der Waals surface area contributed by atoms with E-state index in [0.29, 0.717) is 16.7 Å². The normalized spacial score (nSPS) is 15.1. The Hall–Kier alpha value is -2.47. The summed E-state index contributed by atoms with van der Waals surface area (Å²) in [4.78, 5) is 26.7. The van der Waals surface area contributed by atoms with Crippen molar-refractivity contribution in [3.8, 4) is 0 Å². The molecule has 0 aromatic heterocycles. The zero-order valence-electron chi connectivity index (χ0n) is 13.2. The van der Waals surface area contributed by atoms with E-state index in [1.54, 1.807) is 24.3 Å². The average Bonchev–Trinajstić information content (AvgIpc) is 2.86. The van der Waals surface area contributed by atoms with E-state index in [-0.39, 0.29) is 11.6 Å². The van der Waals surface area contributed by atoms with Gasteiger partial charge in [0, 0.05) is 20.4 Å². The lowest BCUT2D eigenvalue weighted by Gasteiger charge is -2.29. The minimum atomic E-state index is -1.42. The summed E-state index contributed by atoms with van der Waals surface area (Å²) in [5, 5.41) is 3.25. The van der Waals surface area contributed by atoms with Gasteiger partial charge in [0.1, 0.15) is 0 Å². The molecule has 3 aromatic rings. The van der Waals surface area contributed by atoms with Crippen molar-refractivity contribution in [3.05, 3.63) is 99.1 Å². The van der Waals surface area contributed by atoms with Gasteiger partial charge in [-0.2, -0.15) is 0 Å². The van der Waals surface area contributed by atoms with Crippen LogP contribution in [0.1, 0.15) is 26.3 Å². The number of halogens is 1. The zero-order valence-corrected chi connectivity index (χ0v) is 15.4. The fraction of sp³-hybridized carbons (Fsp3) is 0.0476. The SMILES string of the molecule is O=C1c2ccccc2C(=O)C1(Nc1cccc(I)c1)c1ccccc1. The van der Waals surface area contributed by atoms with Gasteiger partial charge in [-0.3, -0.25) is 9.59 Å². The summed E-state index contributed by atoms with van der Waals surface area (Å²) in [5.41, 5.74) is 0.907. The van der Waals surface area contributed by atoms with Crippen molar-refractivity contribution in [2.75, 3.05) is 5.32 Å². The molecule has 25 heavy (non-hydrogen) atoms. The Labute approximate surface area is 159 Å². The molecule has 122 valence electrons. The maximum absolute atomic E-state index is 13.3. The quantitative estimate of drug-likeness (QED) is 0.477. The molecule has 3 nitrogen and oxygen atoms in total. The van der Waals surface area contributed by atoms with Crippen LogP contribution in [-0.2, 0) is 5.54 Å². The first-order chi connectivity index (χ1) is 12.1. The molecular formula is C21H14INO2. The number of carbonyl (C=O) groups is 2. The van der Waals surface area contributed by atoms with Gasteiger partial charge >= 0.3 is 0 Å². The van der Waals surface area contributed by atoms with Crippen LogP contribution in [0.2, 0.25) is 0 Å². The highest BCUT2D eigenvalue weighted by atomic mass is 127. The van der Waals surface area contributed by atoms with Crippen LogP contribution in [0, 0.1) is 3.57 Å². The third-order valence-corrected chi connectivity index (χ3v) is 5.13. The highest BCUT2D eigenvalue weighted by molar-refractivity contribution is 14.1. The van der Waals surface area contributed by atoms with Gasteiger partial charge in [0.15, 0.2) is 5.54 Å². The van der Waals surface area contributed by atoms with Crippen LogP contribution in [0.25, 0.3) is 0 Å². The fourth-order valence-electron chi connectivity index (χ4n) is 3.31. The van der Waals surface area contributed by atoms with Crippen molar-refractivity contribution in [2.24, 2.45) is 0 Å². The molecule has 0 saturated heterocycles. The summed E-state index contributed by atoms with van der Waals surface area (Å²) in [6, 6.07) is 23.9. The number of nitrogens with one attached hydrogen (secondary N) is 1. The topological polar surface area (TPSA) is 46.2 Å². The highest BCUT2D eigenvalue weighted by Gasteiger charge is 2.54. The minimum Gasteiger partial charge on any atom is -0.362 e. The summed E-state index contributed by atoms with van der Waals surface area (Å²) in [5.74, 6) is -0.420. The molecule has 1 aliphatic carbocycles. The third-order valence-electron chi connectivity index (χ3n) is 4.46. The predicted molar refractivity (Wildman–Crippen MR) is 106 cm³/mol. The largest absolute Gasteiger partial charge is 0.362 e. The van der Waals surface area contributed by atoms with Gasteiger partial charge in [-0.05, 0) is 46.4 Å². The third kappa shape index (κ3) is 2.48. The van der Waals surface area contributed by atoms with Crippen LogP contribution < -0.4 is 5.32 Å². The van der Waals surface area contributed by atoms with Gasteiger partial charge in [-0.25, -0.2) is 0 Å². The number of hydrogen-bond donors (Lipinski definition) is 1. The second kappa shape index (κ2) is 6.11. The molecule has 0 amide bonds. The molecule has 1 N–H and O–H groups in total. The lowest BCUT2D eigenvalue weighted by molar-refractivity contribution is 0.0819. The molecule has 0 aliphatic heterocycles. The number of hydrogen-bond acceptors (Lipinski definition) is 3. The Kier molecular flexibility index (Phi) is 3.92. The van der Waals surface area contributed by atoms with Crippen molar-refractivity contribution >= 4 is 39.8 Å². The predicted octanol–water partition coefficient (Wildman–Crippen LogP) is 4.68. The van der Waals surface area contributed by atoms with Gasteiger partial charge in [0.2, 0.25) is 11.6 Å². The lowest BCUT2D eigenvalue weighted by atomic mass is 9.84. The first-order valence-electron chi connectivity index (χ1n) is 7.91. The van der Waals surface area contributed by atoms with Crippen LogP contribution in [-0.4, -0.2) is 11.6 Å². The Bertz CT molecular complexity index is 947. The van der Waals surface area contributed by atoms with E-state index in [9.17, 15) is 9.59 Å². The van der Waals surface area contributed by atoms with Crippen LogP contribution in [0.5, 0.6) is 0 Å². The van der Waals surface area contributed by atoms with Gasteiger partial charge in [-0.1, -0.05) is 60.7 Å². The van der Waals surface area contributed by atoms with E-state index in [1.165, 1.54) is 0 Å². The maximum Gasteiger partial charge on any atom is 0.201 e. The molecule has 4 rings (SSSR count). The first kappa shape index (κ1) is 16.0. The van der Waals surface area contributed by atoms with Gasteiger partial charge in [-0.15, -0.1) is 0 Å². The van der Waals surface area contributed by atoms with Gasteiger partial charge < -0.3 is 5.32 Å². The van der Waals surface area contributed by atoms with Gasteiger partial charge in [0.25, 0.3) is 0 Å². The summed E-state index contributed by atoms with van der Waals surface area (Å²) in [7, 11) is 0. The van der Waals surface area contributed by atoms with E-state index in [0.717, 1.165) is 9.26 Å². The number of carbonyl (C=O) groups excluding carboxylic acids is 2. The summed E-state index contributed by atoms with van der Waals surface area (Å²) in [6.45, 7) is 0. The summed E-state index contributed by atoms with van der Waals surface area (Å²) >= 11 is 2.21. The van der Waals surface area contributed by atoms with Crippen LogP contribution in [0.4, 0.5) is 5.69 Å². The van der Waals surface area contributed by atoms with E-state index in [2.05, 4.69) is 27.9 Å². The molecule has 0 fully saturated rings. The Morgan fingerprint density at radius 1 is 0.720 bits per heavy atom. The molecule has 3 aromatic carbocycles. The second-order valence-corrected chi connectivity index (χ2v) is 7.20. The smallest absolute Gasteiger partial charge is 0.201 e. The molecular weight excluding hydrogens is 425 g/mol. The Morgan fingerprint density at radius 2 is 1.32 bits per heavy atom. The molecule has 0 spiro atoms. The van der Waals surface area contributed by atoms with Gasteiger partial charge in [0.05, 0.1) is 0 Å². The van der Waals surface area contributed by atoms with Crippen LogP contribution in [0.15, 0.2) is 78.9 Å². The first-order valence-corrected chi connectivity index (χ1v) is 8.99. The van der Waals surface area contributed by atoms with Crippen molar-refractivity contribution in [3.63, 3.8) is 0 Å². The molecule has 0 radical (unpaired) electrons. The number of anilines is 1. The molecule has 1 aliphatic rings. The maximum atomic E-state index is 13.3. The van der Waals surface area contributed by atoms with Crippen molar-refractivity contribution < 1.29 is 9.59 Å². The summed E-state index contributed by atoms with van der Waals surface area (Å²) in [6.07, 6.45) is 0. The van der Waals surface area contributed by atoms with Crippen molar-refractivity contribution in [2.45, 2.75) is 5.54 Å². The second-order valence-electron chi connectivity index (χ2n) is 5.96. The van der Waals surface area contributed by atoms with Crippen LogP contribution in [0.3, 0.4) is 0 Å². The molecule has 0 saturated carbocycles. The van der Waals surface area contributed by atoms with E-state index >= 15 is 0 Å². The molecule has 4 heteroatoms. The molecule has 0 heterocycles. The van der Waals surface area contributed by atoms with Crippen molar-refractivity contribution in [1.82, 2.24) is 0 Å². The Morgan fingerprint density at radius 3 is 1.92 bits per heavy atom. The summed E-state index contributed by atoms with van der Waals surface area (Å²) < 4.78 is 1.03. The Balaban J connectivity index is 1.93. The van der Waals surface area contributed by atoms with E-state index < -0.39 is 5.54 Å². The molecule has 0 unspecified atom stereocenters. The number of ketones is 2. The molecule has 0 bridgehead atoms. The minimum absolute atomic E-state index is 0.210. The lowest BCUT2D eigenvalue weighted by Crippen LogP contribution is -2.46. The van der Waals surface area contributed by atoms with E-state index in [1.807, 2.05) is 54.6 Å². The monoisotopic (exact) mass is 439 g/mol. The number of fused-ring (bicyclic) bond motifs is 1. The van der Waals surface area contributed by atoms with Crippen LogP contribution >= 0.6 is 22.6 Å².